The molecule has 2 N–H and O–H groups in total. The lowest BCUT2D eigenvalue weighted by atomic mass is 10.1. The van der Waals surface area contributed by atoms with E-state index < -0.39 is 16.1 Å². The Balaban J connectivity index is 1.24. The van der Waals surface area contributed by atoms with Crippen LogP contribution in [0.1, 0.15) is 21.5 Å². The molecule has 4 rings (SSSR count). The summed E-state index contributed by atoms with van der Waals surface area (Å²) in [5.41, 5.74) is 2.30. The zero-order chi connectivity index (χ0) is 27.9. The number of hydrogen-bond donors (Lipinski definition) is 2. The molecule has 3 aromatic rings. The van der Waals surface area contributed by atoms with Crippen LogP contribution >= 0.6 is 27.7 Å². The molecule has 0 aliphatic carbocycles. The summed E-state index contributed by atoms with van der Waals surface area (Å²) in [4.78, 5) is 61.2. The molecule has 39 heavy (non-hydrogen) atoms. The Morgan fingerprint density at radius 1 is 1.03 bits per heavy atom. The molecule has 1 aliphatic heterocycles. The summed E-state index contributed by atoms with van der Waals surface area (Å²) in [7, 11) is 0. The Morgan fingerprint density at radius 3 is 2.41 bits per heavy atom. The van der Waals surface area contributed by atoms with Gasteiger partial charge in [-0.3, -0.25) is 34.2 Å². The van der Waals surface area contributed by atoms with E-state index in [0.717, 1.165) is 26.7 Å². The fraction of sp³-hybridized carbons (Fsp3) is 0.111. The largest absolute Gasteiger partial charge is 0.354 e. The van der Waals surface area contributed by atoms with E-state index in [1.807, 2.05) is 6.07 Å². The second-order valence-corrected chi connectivity index (χ2v) is 10.3. The Morgan fingerprint density at radius 2 is 1.74 bits per heavy atom. The number of rotatable bonds is 9. The summed E-state index contributed by atoms with van der Waals surface area (Å²) in [5.74, 6) is -1.02. The molecule has 0 saturated carbocycles. The van der Waals surface area contributed by atoms with Crippen LogP contribution in [-0.4, -0.2) is 45.9 Å². The minimum absolute atomic E-state index is 0.00851. The quantitative estimate of drug-likeness (QED) is 0.198. The number of amides is 4. The third-order valence-electron chi connectivity index (χ3n) is 5.60. The van der Waals surface area contributed by atoms with Gasteiger partial charge >= 0.3 is 0 Å². The van der Waals surface area contributed by atoms with Crippen molar-refractivity contribution in [2.45, 2.75) is 6.42 Å². The molecule has 4 amide bonds. The van der Waals surface area contributed by atoms with Crippen LogP contribution in [0.5, 0.6) is 0 Å². The number of thioether (sulfide) groups is 1. The summed E-state index contributed by atoms with van der Waals surface area (Å²) in [5, 5.41) is 15.8. The van der Waals surface area contributed by atoms with Gasteiger partial charge in [-0.2, -0.15) is 0 Å². The summed E-state index contributed by atoms with van der Waals surface area (Å²) < 4.78 is 0.799. The first-order valence-corrected chi connectivity index (χ1v) is 13.2. The Bertz CT molecular complexity index is 1470. The molecule has 1 saturated heterocycles. The highest BCUT2D eigenvalue weighted by Gasteiger charge is 2.34. The number of benzene rings is 3. The smallest absolute Gasteiger partial charge is 0.293 e. The number of anilines is 1. The molecule has 1 heterocycles. The van der Waals surface area contributed by atoms with Crippen LogP contribution in [0, 0.1) is 10.1 Å². The second kappa shape index (κ2) is 12.5. The van der Waals surface area contributed by atoms with Crippen LogP contribution in [0.3, 0.4) is 0 Å². The van der Waals surface area contributed by atoms with E-state index in [9.17, 15) is 29.3 Å². The van der Waals surface area contributed by atoms with Crippen LogP contribution in [0.25, 0.3) is 6.08 Å². The summed E-state index contributed by atoms with van der Waals surface area (Å²) in [6.45, 7) is 0.0943. The van der Waals surface area contributed by atoms with E-state index in [4.69, 9.17) is 0 Å². The lowest BCUT2D eigenvalue weighted by Crippen LogP contribution is -2.37. The van der Waals surface area contributed by atoms with Crippen LogP contribution in [0.15, 0.2) is 82.2 Å². The third-order valence-corrected chi connectivity index (χ3v) is 7.00. The van der Waals surface area contributed by atoms with Gasteiger partial charge in [-0.1, -0.05) is 34.1 Å². The van der Waals surface area contributed by atoms with Crippen molar-refractivity contribution < 1.29 is 24.1 Å². The van der Waals surface area contributed by atoms with Gasteiger partial charge in [0, 0.05) is 40.9 Å². The van der Waals surface area contributed by atoms with E-state index in [1.165, 1.54) is 30.3 Å². The molecule has 0 radical (unpaired) electrons. The second-order valence-electron chi connectivity index (χ2n) is 8.37. The Hall–Kier alpha value is -4.29. The zero-order valence-corrected chi connectivity index (χ0v) is 22.7. The summed E-state index contributed by atoms with van der Waals surface area (Å²) >= 11 is 4.11. The van der Waals surface area contributed by atoms with E-state index in [1.54, 1.807) is 42.5 Å². The van der Waals surface area contributed by atoms with Crippen molar-refractivity contribution in [3.63, 3.8) is 0 Å². The van der Waals surface area contributed by atoms with Crippen molar-refractivity contribution in [1.29, 1.82) is 0 Å². The fourth-order valence-electron chi connectivity index (χ4n) is 3.63. The molecule has 0 aromatic heterocycles. The molecule has 12 heteroatoms. The lowest BCUT2D eigenvalue weighted by molar-refractivity contribution is -0.384. The molecular formula is C27H21BrN4O6S. The van der Waals surface area contributed by atoms with Crippen molar-refractivity contribution in [2.24, 2.45) is 0 Å². The molecule has 3 aromatic carbocycles. The lowest BCUT2D eigenvalue weighted by Gasteiger charge is -2.13. The minimum Gasteiger partial charge on any atom is -0.354 e. The molecule has 1 fully saturated rings. The van der Waals surface area contributed by atoms with Gasteiger partial charge in [0.2, 0.25) is 5.91 Å². The highest BCUT2D eigenvalue weighted by atomic mass is 79.9. The summed E-state index contributed by atoms with van der Waals surface area (Å²) in [6.07, 6.45) is 1.58. The number of nitro groups is 1. The zero-order valence-electron chi connectivity index (χ0n) is 20.3. The number of carbonyl (C=O) groups excluding carboxylic acids is 4. The van der Waals surface area contributed by atoms with Crippen molar-refractivity contribution in [3.8, 4) is 0 Å². The molecule has 0 unspecified atom stereocenters. The van der Waals surface area contributed by atoms with E-state index in [2.05, 4.69) is 26.6 Å². The van der Waals surface area contributed by atoms with Gasteiger partial charge < -0.3 is 10.6 Å². The van der Waals surface area contributed by atoms with Gasteiger partial charge in [0.05, 0.1) is 16.2 Å². The maximum atomic E-state index is 12.6. The highest BCUT2D eigenvalue weighted by molar-refractivity contribution is 9.10. The molecular weight excluding hydrogens is 588 g/mol. The number of imide groups is 1. The van der Waals surface area contributed by atoms with Crippen LogP contribution in [-0.2, 0) is 16.0 Å². The van der Waals surface area contributed by atoms with Crippen molar-refractivity contribution in [3.05, 3.63) is 109 Å². The number of halogens is 1. The van der Waals surface area contributed by atoms with Gasteiger partial charge in [0.1, 0.15) is 0 Å². The van der Waals surface area contributed by atoms with Crippen LogP contribution in [0.4, 0.5) is 16.2 Å². The Labute approximate surface area is 235 Å². The standard InChI is InChI=1S/C27H21BrN4O6S/c28-20-3-1-2-19(16-20)25(34)30-21-8-4-18(5-9-21)15-24(33)29-12-13-31-26(35)23(39-27(31)36)14-17-6-10-22(11-7-17)32(37)38/h1-11,14,16H,12-13,15H2,(H,29,33)(H,30,34)/b23-14+. The predicted octanol–water partition coefficient (Wildman–Crippen LogP) is 5.00. The van der Waals surface area contributed by atoms with Gasteiger partial charge in [-0.05, 0) is 71.4 Å². The minimum atomic E-state index is -0.521. The van der Waals surface area contributed by atoms with Crippen molar-refractivity contribution >= 4 is 68.1 Å². The highest BCUT2D eigenvalue weighted by Crippen LogP contribution is 2.32. The van der Waals surface area contributed by atoms with E-state index in [0.29, 0.717) is 16.8 Å². The van der Waals surface area contributed by atoms with E-state index >= 15 is 0 Å². The van der Waals surface area contributed by atoms with Gasteiger partial charge in [0.25, 0.3) is 22.7 Å². The average Bonchev–Trinajstić information content (AvgIpc) is 3.17. The monoisotopic (exact) mass is 608 g/mol. The topological polar surface area (TPSA) is 139 Å². The van der Waals surface area contributed by atoms with Gasteiger partial charge in [-0.15, -0.1) is 0 Å². The van der Waals surface area contributed by atoms with Crippen LogP contribution in [0.2, 0.25) is 0 Å². The molecule has 0 atom stereocenters. The van der Waals surface area contributed by atoms with Crippen molar-refractivity contribution in [2.75, 3.05) is 18.4 Å². The average molecular weight is 609 g/mol. The number of nitrogens with one attached hydrogen (secondary N) is 2. The molecule has 0 bridgehead atoms. The number of non-ortho nitro benzene ring substituents is 1. The molecule has 10 nitrogen and oxygen atoms in total. The van der Waals surface area contributed by atoms with Crippen LogP contribution < -0.4 is 10.6 Å². The van der Waals surface area contributed by atoms with Gasteiger partial charge in [-0.25, -0.2) is 0 Å². The number of carbonyl (C=O) groups is 4. The Kier molecular flexibility index (Phi) is 8.89. The van der Waals surface area contributed by atoms with Gasteiger partial charge in [0.15, 0.2) is 0 Å². The molecule has 198 valence electrons. The SMILES string of the molecule is O=C(Cc1ccc(NC(=O)c2cccc(Br)c2)cc1)NCCN1C(=O)S/C(=C/c2ccc([N+](=O)[O-])cc2)C1=O. The normalized spacial score (nSPS) is 14.0. The predicted molar refractivity (Wildman–Crippen MR) is 151 cm³/mol. The molecule has 1 aliphatic rings. The molecule has 0 spiro atoms. The number of nitro benzene ring substituents is 1. The van der Waals surface area contributed by atoms with E-state index in [-0.39, 0.29) is 41.9 Å². The maximum Gasteiger partial charge on any atom is 0.293 e. The fourth-order valence-corrected chi connectivity index (χ4v) is 4.89. The first-order chi connectivity index (χ1) is 18.7. The number of nitrogens with zero attached hydrogens (tertiary/aromatic N) is 2. The summed E-state index contributed by atoms with van der Waals surface area (Å²) in [6, 6.07) is 19.5. The first kappa shape index (κ1) is 27.7. The first-order valence-electron chi connectivity index (χ1n) is 11.6. The maximum absolute atomic E-state index is 12.6. The number of hydrogen-bond acceptors (Lipinski definition) is 7. The van der Waals surface area contributed by atoms with Crippen molar-refractivity contribution in [1.82, 2.24) is 10.2 Å². The third kappa shape index (κ3) is 7.39.